The van der Waals surface area contributed by atoms with E-state index in [2.05, 4.69) is 15.5 Å². The molecule has 0 atom stereocenters. The molecule has 0 bridgehead atoms. The highest BCUT2D eigenvalue weighted by Gasteiger charge is 2.14. The number of hydrogen-bond acceptors (Lipinski definition) is 5. The van der Waals surface area contributed by atoms with Crippen molar-refractivity contribution in [3.05, 3.63) is 60.2 Å². The molecular weight excluding hydrogens is 358 g/mol. The van der Waals surface area contributed by atoms with E-state index in [-0.39, 0.29) is 18.4 Å². The number of carbonyl (C=O) groups excluding carboxylic acids is 2. The predicted molar refractivity (Wildman–Crippen MR) is 107 cm³/mol. The average Bonchev–Trinajstić information content (AvgIpc) is 2.74. The molecule has 7 heteroatoms. The maximum atomic E-state index is 12.5. The van der Waals surface area contributed by atoms with Crippen LogP contribution in [0.25, 0.3) is 0 Å². The van der Waals surface area contributed by atoms with Crippen molar-refractivity contribution in [3.8, 4) is 5.75 Å². The van der Waals surface area contributed by atoms with Crippen LogP contribution in [0.15, 0.2) is 54.6 Å². The van der Waals surface area contributed by atoms with Crippen LogP contribution < -0.4 is 15.4 Å². The summed E-state index contributed by atoms with van der Waals surface area (Å²) in [6.07, 6.45) is 0. The molecular formula is C21H25N3O4. The van der Waals surface area contributed by atoms with Gasteiger partial charge in [0.15, 0.2) is 6.61 Å². The Bertz CT molecular complexity index is 776. The van der Waals surface area contributed by atoms with Gasteiger partial charge >= 0.3 is 0 Å². The number of rotatable bonds is 8. The molecule has 0 spiro atoms. The summed E-state index contributed by atoms with van der Waals surface area (Å²) in [5, 5.41) is 5.66. The van der Waals surface area contributed by atoms with Crippen LogP contribution in [0.5, 0.6) is 5.75 Å². The molecule has 148 valence electrons. The second-order valence-corrected chi connectivity index (χ2v) is 6.41. The molecule has 1 aliphatic rings. The molecule has 2 N–H and O–H groups in total. The molecule has 0 aliphatic carbocycles. The minimum atomic E-state index is -0.322. The Morgan fingerprint density at radius 1 is 1.00 bits per heavy atom. The van der Waals surface area contributed by atoms with Crippen molar-refractivity contribution in [2.24, 2.45) is 0 Å². The molecule has 0 radical (unpaired) electrons. The summed E-state index contributed by atoms with van der Waals surface area (Å²) in [6, 6.07) is 16.1. The third kappa shape index (κ3) is 6.07. The largest absolute Gasteiger partial charge is 0.484 e. The Labute approximate surface area is 164 Å². The maximum absolute atomic E-state index is 12.5. The number of ether oxygens (including phenoxy) is 2. The number of nitrogens with zero attached hydrogens (tertiary/aromatic N) is 1. The average molecular weight is 383 g/mol. The van der Waals surface area contributed by atoms with Gasteiger partial charge in [0.1, 0.15) is 5.75 Å². The molecule has 2 aromatic rings. The molecule has 2 aromatic carbocycles. The van der Waals surface area contributed by atoms with Crippen molar-refractivity contribution >= 4 is 17.5 Å². The highest BCUT2D eigenvalue weighted by molar-refractivity contribution is 6.04. The van der Waals surface area contributed by atoms with Gasteiger partial charge in [0, 0.05) is 26.2 Å². The van der Waals surface area contributed by atoms with Gasteiger partial charge in [0.05, 0.1) is 24.5 Å². The third-order valence-corrected chi connectivity index (χ3v) is 4.38. The smallest absolute Gasteiger partial charge is 0.262 e. The van der Waals surface area contributed by atoms with Gasteiger partial charge in [-0.3, -0.25) is 14.5 Å². The lowest BCUT2D eigenvalue weighted by Crippen LogP contribution is -2.41. The van der Waals surface area contributed by atoms with E-state index in [0.717, 1.165) is 32.8 Å². The van der Waals surface area contributed by atoms with E-state index in [0.29, 0.717) is 23.5 Å². The lowest BCUT2D eigenvalue weighted by molar-refractivity contribution is -0.118. The zero-order valence-corrected chi connectivity index (χ0v) is 15.7. The first-order chi connectivity index (χ1) is 13.7. The van der Waals surface area contributed by atoms with Crippen molar-refractivity contribution in [1.82, 2.24) is 10.2 Å². The molecule has 0 aromatic heterocycles. The molecule has 7 nitrogen and oxygen atoms in total. The van der Waals surface area contributed by atoms with Crippen molar-refractivity contribution < 1.29 is 19.1 Å². The predicted octanol–water partition coefficient (Wildman–Crippen LogP) is 1.77. The summed E-state index contributed by atoms with van der Waals surface area (Å²) >= 11 is 0. The van der Waals surface area contributed by atoms with Crippen LogP contribution in [0.4, 0.5) is 5.69 Å². The Balaban J connectivity index is 1.50. The highest BCUT2D eigenvalue weighted by Crippen LogP contribution is 2.15. The minimum absolute atomic E-state index is 0.128. The maximum Gasteiger partial charge on any atom is 0.262 e. The SMILES string of the molecule is O=C(COc1ccccc1)Nc1ccccc1C(=O)NCCN1CCOCC1. The minimum Gasteiger partial charge on any atom is -0.484 e. The lowest BCUT2D eigenvalue weighted by Gasteiger charge is -2.26. The fourth-order valence-corrected chi connectivity index (χ4v) is 2.89. The first-order valence-electron chi connectivity index (χ1n) is 9.37. The number of benzene rings is 2. The van der Waals surface area contributed by atoms with Gasteiger partial charge in [0.2, 0.25) is 0 Å². The molecule has 28 heavy (non-hydrogen) atoms. The number of anilines is 1. The quantitative estimate of drug-likeness (QED) is 0.726. The first-order valence-corrected chi connectivity index (χ1v) is 9.37. The van der Waals surface area contributed by atoms with E-state index in [9.17, 15) is 9.59 Å². The number of nitrogens with one attached hydrogen (secondary N) is 2. The second kappa shape index (κ2) is 10.4. The van der Waals surface area contributed by atoms with E-state index in [4.69, 9.17) is 9.47 Å². The third-order valence-electron chi connectivity index (χ3n) is 4.38. The van der Waals surface area contributed by atoms with E-state index >= 15 is 0 Å². The summed E-state index contributed by atoms with van der Waals surface area (Å²) in [7, 11) is 0. The van der Waals surface area contributed by atoms with Gasteiger partial charge in [-0.15, -0.1) is 0 Å². The van der Waals surface area contributed by atoms with Crippen molar-refractivity contribution in [2.75, 3.05) is 51.3 Å². The number of carbonyl (C=O) groups is 2. The molecule has 0 saturated carbocycles. The molecule has 2 amide bonds. The Morgan fingerprint density at radius 2 is 1.71 bits per heavy atom. The van der Waals surface area contributed by atoms with Gasteiger partial charge in [-0.05, 0) is 24.3 Å². The molecule has 1 saturated heterocycles. The zero-order chi connectivity index (χ0) is 19.6. The summed E-state index contributed by atoms with van der Waals surface area (Å²) in [5.74, 6) is 0.0809. The molecule has 0 unspecified atom stereocenters. The molecule has 1 aliphatic heterocycles. The second-order valence-electron chi connectivity index (χ2n) is 6.41. The van der Waals surface area contributed by atoms with Crippen molar-refractivity contribution in [3.63, 3.8) is 0 Å². The van der Waals surface area contributed by atoms with Gasteiger partial charge in [-0.25, -0.2) is 0 Å². The van der Waals surface area contributed by atoms with Gasteiger partial charge in [0.25, 0.3) is 11.8 Å². The topological polar surface area (TPSA) is 79.9 Å². The molecule has 3 rings (SSSR count). The van der Waals surface area contributed by atoms with Crippen LogP contribution in [-0.2, 0) is 9.53 Å². The Kier molecular flexibility index (Phi) is 7.40. The van der Waals surface area contributed by atoms with Crippen LogP contribution in [0, 0.1) is 0 Å². The fourth-order valence-electron chi connectivity index (χ4n) is 2.89. The van der Waals surface area contributed by atoms with Gasteiger partial charge in [-0.1, -0.05) is 30.3 Å². The lowest BCUT2D eigenvalue weighted by atomic mass is 10.1. The monoisotopic (exact) mass is 383 g/mol. The normalized spacial score (nSPS) is 14.3. The van der Waals surface area contributed by atoms with Crippen LogP contribution in [0.1, 0.15) is 10.4 Å². The fraction of sp³-hybridized carbons (Fsp3) is 0.333. The standard InChI is InChI=1S/C21H25N3O4/c25-20(16-28-17-6-2-1-3-7-17)23-19-9-5-4-8-18(19)21(26)22-10-11-24-12-14-27-15-13-24/h1-9H,10-16H2,(H,22,26)(H,23,25). The molecule has 1 fully saturated rings. The first kappa shape index (κ1) is 19.9. The Morgan fingerprint density at radius 3 is 2.50 bits per heavy atom. The van der Waals surface area contributed by atoms with Crippen LogP contribution in [-0.4, -0.2) is 62.7 Å². The number of morpholine rings is 1. The van der Waals surface area contributed by atoms with Crippen molar-refractivity contribution in [2.45, 2.75) is 0 Å². The zero-order valence-electron chi connectivity index (χ0n) is 15.7. The van der Waals surface area contributed by atoms with Crippen LogP contribution in [0.3, 0.4) is 0 Å². The highest BCUT2D eigenvalue weighted by atomic mass is 16.5. The summed E-state index contributed by atoms with van der Waals surface area (Å²) in [6.45, 7) is 4.40. The van der Waals surface area contributed by atoms with Crippen LogP contribution in [0.2, 0.25) is 0 Å². The molecule has 1 heterocycles. The summed E-state index contributed by atoms with van der Waals surface area (Å²) < 4.78 is 10.8. The summed E-state index contributed by atoms with van der Waals surface area (Å²) in [5.41, 5.74) is 0.894. The van der Waals surface area contributed by atoms with Crippen molar-refractivity contribution in [1.29, 1.82) is 0 Å². The Hall–Kier alpha value is -2.90. The summed E-state index contributed by atoms with van der Waals surface area (Å²) in [4.78, 5) is 27.0. The van der Waals surface area contributed by atoms with E-state index in [1.165, 1.54) is 0 Å². The number of amides is 2. The van der Waals surface area contributed by atoms with E-state index in [1.54, 1.807) is 36.4 Å². The van der Waals surface area contributed by atoms with Gasteiger partial charge < -0.3 is 20.1 Å². The van der Waals surface area contributed by atoms with Gasteiger partial charge in [-0.2, -0.15) is 0 Å². The van der Waals surface area contributed by atoms with Crippen LogP contribution >= 0.6 is 0 Å². The van der Waals surface area contributed by atoms with E-state index < -0.39 is 0 Å². The number of para-hydroxylation sites is 2. The van der Waals surface area contributed by atoms with E-state index in [1.807, 2.05) is 18.2 Å². The number of hydrogen-bond donors (Lipinski definition) is 2.